The third-order valence-electron chi connectivity index (χ3n) is 16.3. The maximum absolute atomic E-state index is 14.9. The number of carbonyl (C=O) groups is 1. The molecule has 15 rings (SSSR count). The van der Waals surface area contributed by atoms with Crippen LogP contribution in [-0.4, -0.2) is 14.9 Å². The van der Waals surface area contributed by atoms with E-state index in [-0.39, 0.29) is 5.78 Å². The van der Waals surface area contributed by atoms with E-state index in [4.69, 9.17) is 0 Å². The predicted molar refractivity (Wildman–Crippen MR) is 343 cm³/mol. The number of ketones is 1. The Morgan fingerprint density at radius 1 is 0.220 bits per heavy atom. The molecule has 0 aliphatic rings. The molecule has 384 valence electrons. The second-order valence-corrected chi connectivity index (χ2v) is 21.2. The largest absolute Gasteiger partial charge is 0.309 e. The van der Waals surface area contributed by atoms with Gasteiger partial charge >= 0.3 is 0 Å². The molecule has 2 aromatic heterocycles. The minimum Gasteiger partial charge on any atom is -0.309 e. The molecular weight excluding hydrogens is 993 g/mol. The highest BCUT2D eigenvalue weighted by Gasteiger charge is 2.22. The zero-order valence-corrected chi connectivity index (χ0v) is 44.8. The fraction of sp³-hybridized carbons (Fsp3) is 0. The van der Waals surface area contributed by atoms with Gasteiger partial charge in [0.15, 0.2) is 5.78 Å². The molecule has 0 radical (unpaired) electrons. The second kappa shape index (κ2) is 20.4. The van der Waals surface area contributed by atoms with Gasteiger partial charge in [-0.05, 0) is 169 Å². The average molecular weight is 1050 g/mol. The molecule has 0 fully saturated rings. The summed E-state index contributed by atoms with van der Waals surface area (Å²) in [5, 5.41) is 4.89. The van der Waals surface area contributed by atoms with Crippen LogP contribution in [0.25, 0.3) is 133 Å². The number of aromatic nitrogens is 2. The number of hydrogen-bond acceptors (Lipinski definition) is 1. The Kier molecular flexibility index (Phi) is 12.0. The topological polar surface area (TPSA) is 26.9 Å². The molecule has 13 aromatic carbocycles. The lowest BCUT2D eigenvalue weighted by Crippen LogP contribution is -2.02. The Hall–Kier alpha value is -10.9. The molecule has 0 aliphatic heterocycles. The Bertz CT molecular complexity index is 4590. The first-order chi connectivity index (χ1) is 40.6. The number of carbonyl (C=O) groups excluding carboxylic acids is 1. The van der Waals surface area contributed by atoms with Crippen LogP contribution in [0.1, 0.15) is 15.9 Å². The van der Waals surface area contributed by atoms with E-state index in [1.165, 1.54) is 21.5 Å². The predicted octanol–water partition coefficient (Wildman–Crippen LogP) is 20.8. The molecule has 0 amide bonds. The zero-order chi connectivity index (χ0) is 54.5. The molecule has 2 heterocycles. The van der Waals surface area contributed by atoms with E-state index >= 15 is 0 Å². The lowest BCUT2D eigenvalue weighted by molar-refractivity contribution is 0.103. The maximum Gasteiger partial charge on any atom is 0.193 e. The number of hydrogen-bond donors (Lipinski definition) is 0. The van der Waals surface area contributed by atoms with Crippen LogP contribution in [-0.2, 0) is 0 Å². The van der Waals surface area contributed by atoms with Crippen LogP contribution in [0.2, 0.25) is 0 Å². The van der Waals surface area contributed by atoms with Crippen molar-refractivity contribution in [3.05, 3.63) is 327 Å². The minimum atomic E-state index is -0.0275. The van der Waals surface area contributed by atoms with Gasteiger partial charge in [0.25, 0.3) is 0 Å². The molecule has 0 saturated carbocycles. The number of rotatable bonds is 11. The summed E-state index contributed by atoms with van der Waals surface area (Å²) in [5.41, 5.74) is 23.0. The lowest BCUT2D eigenvalue weighted by Gasteiger charge is -2.21. The van der Waals surface area contributed by atoms with Gasteiger partial charge in [-0.1, -0.05) is 224 Å². The molecule has 3 heteroatoms. The Morgan fingerprint density at radius 3 is 0.988 bits per heavy atom. The molecule has 0 unspecified atom stereocenters. The van der Waals surface area contributed by atoms with Gasteiger partial charge in [0.1, 0.15) is 0 Å². The number of nitrogens with zero attached hydrogens (tertiary/aromatic N) is 2. The van der Waals surface area contributed by atoms with Gasteiger partial charge in [0.05, 0.1) is 22.1 Å². The second-order valence-electron chi connectivity index (χ2n) is 21.2. The molecule has 15 aromatic rings. The molecule has 3 nitrogen and oxygen atoms in total. The number of fused-ring (bicyclic) bond motifs is 6. The van der Waals surface area contributed by atoms with E-state index in [0.717, 1.165) is 111 Å². The first-order valence-corrected chi connectivity index (χ1v) is 28.0. The van der Waals surface area contributed by atoms with Gasteiger partial charge in [0.2, 0.25) is 0 Å². The highest BCUT2D eigenvalue weighted by atomic mass is 16.1. The summed E-state index contributed by atoms with van der Waals surface area (Å²) in [4.78, 5) is 14.9. The number of benzene rings is 13. The Balaban J connectivity index is 0.930. The summed E-state index contributed by atoms with van der Waals surface area (Å²) in [6.45, 7) is 0. The Labute approximate surface area is 476 Å². The van der Waals surface area contributed by atoms with Gasteiger partial charge in [-0.2, -0.15) is 0 Å². The van der Waals surface area contributed by atoms with E-state index in [0.29, 0.717) is 11.1 Å². The van der Waals surface area contributed by atoms with E-state index < -0.39 is 0 Å². The summed E-state index contributed by atoms with van der Waals surface area (Å²) >= 11 is 0. The first-order valence-electron chi connectivity index (χ1n) is 28.0. The summed E-state index contributed by atoms with van der Waals surface area (Å²) in [6.07, 6.45) is 0. The van der Waals surface area contributed by atoms with Crippen molar-refractivity contribution in [2.24, 2.45) is 0 Å². The quantitative estimate of drug-likeness (QED) is 0.119. The van der Waals surface area contributed by atoms with E-state index in [1.54, 1.807) is 0 Å². The van der Waals surface area contributed by atoms with Crippen molar-refractivity contribution in [2.45, 2.75) is 0 Å². The monoisotopic (exact) mass is 1040 g/mol. The molecule has 0 spiro atoms. The van der Waals surface area contributed by atoms with Crippen LogP contribution in [0.4, 0.5) is 0 Å². The zero-order valence-electron chi connectivity index (χ0n) is 44.8. The lowest BCUT2D eigenvalue weighted by atomic mass is 9.83. The molecule has 0 bridgehead atoms. The smallest absolute Gasteiger partial charge is 0.193 e. The first kappa shape index (κ1) is 48.3. The third kappa shape index (κ3) is 8.60. The van der Waals surface area contributed by atoms with Gasteiger partial charge < -0.3 is 9.13 Å². The van der Waals surface area contributed by atoms with Crippen molar-refractivity contribution in [2.75, 3.05) is 0 Å². The molecule has 0 aliphatic carbocycles. The van der Waals surface area contributed by atoms with Crippen LogP contribution in [0.15, 0.2) is 315 Å². The van der Waals surface area contributed by atoms with Crippen molar-refractivity contribution >= 4 is 49.4 Å². The summed E-state index contributed by atoms with van der Waals surface area (Å²) in [6, 6.07) is 112. The Morgan fingerprint density at radius 2 is 0.537 bits per heavy atom. The van der Waals surface area contributed by atoms with E-state index in [9.17, 15) is 4.79 Å². The third-order valence-corrected chi connectivity index (χ3v) is 16.3. The highest BCUT2D eigenvalue weighted by Crippen LogP contribution is 2.46. The molecule has 82 heavy (non-hydrogen) atoms. The molecule has 0 saturated heterocycles. The summed E-state index contributed by atoms with van der Waals surface area (Å²) in [7, 11) is 0. The van der Waals surface area contributed by atoms with Crippen LogP contribution >= 0.6 is 0 Å². The van der Waals surface area contributed by atoms with Gasteiger partial charge in [-0.3, -0.25) is 4.79 Å². The van der Waals surface area contributed by atoms with Crippen LogP contribution in [0.3, 0.4) is 0 Å². The van der Waals surface area contributed by atoms with E-state index in [2.05, 4.69) is 264 Å². The fourth-order valence-corrected chi connectivity index (χ4v) is 12.4. The SMILES string of the molecule is O=C(c1cccc(-c2cccc(-c3c(-c4cccc(-n5c6ccccc6c6ccccc65)c4)cc(-c4ccccc4)cc3-c3cccc(-n4c5ccccc5c5ccccc54)c3)c2)c1)c1cc(-c2ccccc2)cc(-c2ccccc2)c1. The average Bonchev–Trinajstić information content (AvgIpc) is 4.23. The van der Waals surface area contributed by atoms with Crippen LogP contribution in [0, 0.1) is 0 Å². The standard InChI is InChI=1S/C79H52N2O/c82-79(65-47-62(53-22-4-1-5-23-53)46-63(48-65)54-24-6-2-7-25-54)61-33-19-29-57(45-61)56-28-18-32-60(44-56)78-72(58-30-20-34-66(49-58)80-74-40-14-10-36-68(74)69-37-11-15-41-75(69)80)51-64(55-26-8-3-9-27-55)52-73(78)59-31-21-35-67(50-59)81-76-42-16-12-38-70(76)71-39-13-17-43-77(71)81/h1-52H. The molecular formula is C79H52N2O. The van der Waals surface area contributed by atoms with Crippen LogP contribution < -0.4 is 0 Å². The van der Waals surface area contributed by atoms with Crippen molar-refractivity contribution in [3.63, 3.8) is 0 Å². The van der Waals surface area contributed by atoms with Gasteiger partial charge in [0, 0.05) is 44.0 Å². The molecule has 0 N–H and O–H groups in total. The minimum absolute atomic E-state index is 0.0275. The van der Waals surface area contributed by atoms with Crippen molar-refractivity contribution in [3.8, 4) is 89.3 Å². The van der Waals surface area contributed by atoms with E-state index in [1.807, 2.05) is 60.7 Å². The van der Waals surface area contributed by atoms with Gasteiger partial charge in [-0.25, -0.2) is 0 Å². The van der Waals surface area contributed by atoms with Gasteiger partial charge in [-0.15, -0.1) is 0 Å². The maximum atomic E-state index is 14.9. The summed E-state index contributed by atoms with van der Waals surface area (Å²) in [5.74, 6) is -0.0275. The fourth-order valence-electron chi connectivity index (χ4n) is 12.4. The highest BCUT2D eigenvalue weighted by molar-refractivity contribution is 6.12. The molecule has 0 atom stereocenters. The van der Waals surface area contributed by atoms with Crippen molar-refractivity contribution < 1.29 is 4.79 Å². The number of para-hydroxylation sites is 4. The van der Waals surface area contributed by atoms with Crippen LogP contribution in [0.5, 0.6) is 0 Å². The van der Waals surface area contributed by atoms with Crippen molar-refractivity contribution in [1.29, 1.82) is 0 Å². The van der Waals surface area contributed by atoms with Crippen molar-refractivity contribution in [1.82, 2.24) is 9.13 Å². The normalized spacial score (nSPS) is 11.5. The summed E-state index contributed by atoms with van der Waals surface area (Å²) < 4.78 is 4.81.